The summed E-state index contributed by atoms with van der Waals surface area (Å²) in [6.45, 7) is 0. The predicted octanol–water partition coefficient (Wildman–Crippen LogP) is 6.21. The molecule has 3 aromatic carbocycles. The molecule has 0 saturated carbocycles. The number of hydrogen-bond acceptors (Lipinski definition) is 0. The van der Waals surface area contributed by atoms with E-state index >= 15 is 0 Å². The average Bonchev–Trinajstić information content (AvgIpc) is 2.36. The predicted molar refractivity (Wildman–Crippen MR) is 79.2 cm³/mol. The molecular formula is C14H4Cl4. The van der Waals surface area contributed by atoms with Crippen molar-refractivity contribution in [1.82, 2.24) is 0 Å². The minimum absolute atomic E-state index is 0.498. The van der Waals surface area contributed by atoms with Gasteiger partial charge >= 0.3 is 0 Å². The van der Waals surface area contributed by atoms with E-state index in [0.717, 1.165) is 21.5 Å². The molecule has 0 amide bonds. The molecule has 88 valence electrons. The monoisotopic (exact) mass is 312 g/mol. The van der Waals surface area contributed by atoms with Gasteiger partial charge in [-0.2, -0.15) is 0 Å². The molecule has 0 atom stereocenters. The zero-order valence-electron chi connectivity index (χ0n) is 8.82. The van der Waals surface area contributed by atoms with Crippen molar-refractivity contribution < 1.29 is 0 Å². The summed E-state index contributed by atoms with van der Waals surface area (Å²) in [6, 6.07) is 12.8. The van der Waals surface area contributed by atoms with Crippen LogP contribution in [0.3, 0.4) is 0 Å². The van der Waals surface area contributed by atoms with Crippen LogP contribution in [0.1, 0.15) is 0 Å². The van der Waals surface area contributed by atoms with Gasteiger partial charge in [0.1, 0.15) is 0 Å². The molecule has 4 heteroatoms. The van der Waals surface area contributed by atoms with Gasteiger partial charge in [-0.3, -0.25) is 0 Å². The summed E-state index contributed by atoms with van der Waals surface area (Å²) in [6.07, 6.45) is 0. The summed E-state index contributed by atoms with van der Waals surface area (Å²) in [5.74, 6) is 0. The van der Waals surface area contributed by atoms with Crippen molar-refractivity contribution in [2.24, 2.45) is 0 Å². The molecule has 0 aromatic heterocycles. The second kappa shape index (κ2) is 4.47. The normalized spacial score (nSPS) is 11.3. The fourth-order valence-electron chi connectivity index (χ4n) is 1.95. The molecule has 0 spiro atoms. The highest BCUT2D eigenvalue weighted by Gasteiger charge is 2.12. The molecular weight excluding hydrogens is 310 g/mol. The van der Waals surface area contributed by atoms with E-state index in [9.17, 15) is 0 Å². The Morgan fingerprint density at radius 2 is 1.00 bits per heavy atom. The molecule has 0 N–H and O–H groups in total. The highest BCUT2D eigenvalue weighted by molar-refractivity contribution is 6.48. The Hall–Kier alpha value is -0.660. The first-order chi connectivity index (χ1) is 8.58. The van der Waals surface area contributed by atoms with Crippen LogP contribution in [-0.4, -0.2) is 0 Å². The van der Waals surface area contributed by atoms with Gasteiger partial charge in [0.05, 0.1) is 10.0 Å². The third kappa shape index (κ3) is 1.85. The standard InChI is InChI=1S/C14H4Cl4/c15-7-1-3-9-11(5-7)14(18)10-4-2-8(16)6-12(10)13(9)17/h3-6H. The third-order valence-electron chi connectivity index (χ3n) is 2.78. The third-order valence-corrected chi connectivity index (χ3v) is 4.03. The lowest BCUT2D eigenvalue weighted by Gasteiger charge is -2.09. The maximum Gasteiger partial charge on any atom is 0.0564 e. The molecule has 3 aromatic rings. The van der Waals surface area contributed by atoms with Crippen LogP contribution >= 0.6 is 46.4 Å². The van der Waals surface area contributed by atoms with Crippen LogP contribution in [0, 0.1) is 12.1 Å². The maximum absolute atomic E-state index is 6.38. The zero-order valence-corrected chi connectivity index (χ0v) is 11.8. The molecule has 3 rings (SSSR count). The maximum atomic E-state index is 6.38. The van der Waals surface area contributed by atoms with Gasteiger partial charge in [-0.25, -0.2) is 0 Å². The minimum Gasteiger partial charge on any atom is -0.0836 e. The number of benzene rings is 3. The Labute approximate surface area is 124 Å². The quantitative estimate of drug-likeness (QED) is 0.433. The lowest BCUT2D eigenvalue weighted by Crippen LogP contribution is -1.83. The van der Waals surface area contributed by atoms with E-state index in [1.807, 2.05) is 0 Å². The summed E-state index contributed by atoms with van der Waals surface area (Å²) in [4.78, 5) is 0. The first-order valence-electron chi connectivity index (χ1n) is 5.07. The Kier molecular flexibility index (Phi) is 3.07. The van der Waals surface area contributed by atoms with Gasteiger partial charge in [0, 0.05) is 43.7 Å². The molecule has 0 aliphatic rings. The van der Waals surface area contributed by atoms with Crippen molar-refractivity contribution >= 4 is 67.9 Å². The van der Waals surface area contributed by atoms with Gasteiger partial charge in [0.25, 0.3) is 0 Å². The fourth-order valence-corrected chi connectivity index (χ4v) is 2.90. The fraction of sp³-hybridized carbons (Fsp3) is 0. The summed E-state index contributed by atoms with van der Waals surface area (Å²) in [5, 5.41) is 5.39. The SMILES string of the molecule is Clc1[c]cc2c(Cl)c3cc(Cl)[c]cc3c(Cl)c2c1. The number of halogens is 4. The first-order valence-corrected chi connectivity index (χ1v) is 6.58. The number of fused-ring (bicyclic) bond motifs is 2. The number of hydrogen-bond donors (Lipinski definition) is 0. The number of rotatable bonds is 0. The van der Waals surface area contributed by atoms with Crippen LogP contribution in [-0.2, 0) is 0 Å². The van der Waals surface area contributed by atoms with Gasteiger partial charge in [-0.1, -0.05) is 46.4 Å². The Morgan fingerprint density at radius 3 is 1.39 bits per heavy atom. The van der Waals surface area contributed by atoms with E-state index in [-0.39, 0.29) is 0 Å². The molecule has 2 radical (unpaired) electrons. The molecule has 0 aliphatic carbocycles. The van der Waals surface area contributed by atoms with Gasteiger partial charge in [-0.05, 0) is 24.3 Å². The molecule has 0 nitrogen and oxygen atoms in total. The largest absolute Gasteiger partial charge is 0.0836 e. The molecule has 0 aliphatic heterocycles. The summed E-state index contributed by atoms with van der Waals surface area (Å²) in [5.41, 5.74) is 0. The van der Waals surface area contributed by atoms with Crippen molar-refractivity contribution in [3.05, 3.63) is 56.5 Å². The Morgan fingerprint density at radius 1 is 0.611 bits per heavy atom. The van der Waals surface area contributed by atoms with Crippen molar-refractivity contribution in [2.45, 2.75) is 0 Å². The lowest BCUT2D eigenvalue weighted by molar-refractivity contribution is 1.74. The van der Waals surface area contributed by atoms with Gasteiger partial charge in [0.15, 0.2) is 0 Å². The van der Waals surface area contributed by atoms with Gasteiger partial charge < -0.3 is 0 Å². The molecule has 0 bridgehead atoms. The van der Waals surface area contributed by atoms with E-state index in [0.29, 0.717) is 20.1 Å². The summed E-state index contributed by atoms with van der Waals surface area (Å²) >= 11 is 24.6. The van der Waals surface area contributed by atoms with Crippen molar-refractivity contribution in [3.63, 3.8) is 0 Å². The second-order valence-electron chi connectivity index (χ2n) is 3.84. The van der Waals surface area contributed by atoms with Crippen LogP contribution in [0.15, 0.2) is 24.3 Å². The smallest absolute Gasteiger partial charge is 0.0564 e. The van der Waals surface area contributed by atoms with Crippen LogP contribution < -0.4 is 0 Å². The highest BCUT2D eigenvalue weighted by atomic mass is 35.5. The average molecular weight is 314 g/mol. The topological polar surface area (TPSA) is 0 Å². The van der Waals surface area contributed by atoms with E-state index in [1.54, 1.807) is 24.3 Å². The minimum atomic E-state index is 0.498. The van der Waals surface area contributed by atoms with Gasteiger partial charge in [0.2, 0.25) is 0 Å². The van der Waals surface area contributed by atoms with Crippen LogP contribution in [0.4, 0.5) is 0 Å². The van der Waals surface area contributed by atoms with Crippen LogP contribution in [0.5, 0.6) is 0 Å². The highest BCUT2D eigenvalue weighted by Crippen LogP contribution is 2.40. The van der Waals surface area contributed by atoms with E-state index < -0.39 is 0 Å². The second-order valence-corrected chi connectivity index (χ2v) is 5.41. The molecule has 0 fully saturated rings. The van der Waals surface area contributed by atoms with Gasteiger partial charge in [-0.15, -0.1) is 0 Å². The zero-order chi connectivity index (χ0) is 12.9. The molecule has 0 saturated heterocycles. The molecule has 0 heterocycles. The van der Waals surface area contributed by atoms with Crippen LogP contribution in [0.2, 0.25) is 20.1 Å². The van der Waals surface area contributed by atoms with E-state index in [4.69, 9.17) is 46.4 Å². The van der Waals surface area contributed by atoms with Crippen molar-refractivity contribution in [3.8, 4) is 0 Å². The van der Waals surface area contributed by atoms with E-state index in [1.165, 1.54) is 0 Å². The first kappa shape index (κ1) is 12.4. The van der Waals surface area contributed by atoms with E-state index in [2.05, 4.69) is 12.1 Å². The Bertz CT molecular complexity index is 710. The van der Waals surface area contributed by atoms with Crippen molar-refractivity contribution in [2.75, 3.05) is 0 Å². The van der Waals surface area contributed by atoms with Crippen molar-refractivity contribution in [1.29, 1.82) is 0 Å². The summed E-state index contributed by atoms with van der Waals surface area (Å²) in [7, 11) is 0. The molecule has 0 unspecified atom stereocenters. The Balaban J connectivity index is 2.60. The summed E-state index contributed by atoms with van der Waals surface area (Å²) < 4.78 is 0. The van der Waals surface area contributed by atoms with Crippen LogP contribution in [0.25, 0.3) is 21.5 Å². The lowest BCUT2D eigenvalue weighted by atomic mass is 10.0. The molecule has 18 heavy (non-hydrogen) atoms.